The van der Waals surface area contributed by atoms with Crippen LogP contribution >= 0.6 is 11.3 Å². The molecule has 0 aliphatic heterocycles. The van der Waals surface area contributed by atoms with Crippen LogP contribution in [0.3, 0.4) is 0 Å². The van der Waals surface area contributed by atoms with E-state index in [2.05, 4.69) is 10.3 Å². The fourth-order valence-electron chi connectivity index (χ4n) is 3.11. The van der Waals surface area contributed by atoms with Crippen molar-refractivity contribution in [2.75, 3.05) is 11.9 Å². The van der Waals surface area contributed by atoms with E-state index in [1.807, 2.05) is 0 Å². The van der Waals surface area contributed by atoms with E-state index in [1.54, 1.807) is 18.3 Å². The maximum atomic E-state index is 12.9. The topological polar surface area (TPSA) is 68.0 Å². The molecule has 1 aromatic carbocycles. The molecule has 2 atom stereocenters. The molecule has 1 aliphatic carbocycles. The van der Waals surface area contributed by atoms with E-state index in [4.69, 9.17) is 5.73 Å². The molecule has 3 N–H and O–H groups in total. The number of nitrogens with zero attached hydrogens (tertiary/aromatic N) is 1. The molecule has 0 spiro atoms. The van der Waals surface area contributed by atoms with Crippen LogP contribution < -0.4 is 11.1 Å². The Kier molecular flexibility index (Phi) is 5.03. The maximum Gasteiger partial charge on any atom is 0.229 e. The number of hydrogen-bond donors (Lipinski definition) is 2. The highest BCUT2D eigenvalue weighted by molar-refractivity contribution is 7.15. The lowest BCUT2D eigenvalue weighted by Gasteiger charge is -2.16. The Labute approximate surface area is 138 Å². The summed E-state index contributed by atoms with van der Waals surface area (Å²) in [7, 11) is 0. The Hall–Kier alpha value is -1.79. The van der Waals surface area contributed by atoms with Gasteiger partial charge >= 0.3 is 0 Å². The third-order valence-corrected chi connectivity index (χ3v) is 5.29. The summed E-state index contributed by atoms with van der Waals surface area (Å²) in [4.78, 5) is 17.7. The zero-order valence-corrected chi connectivity index (χ0v) is 13.6. The van der Waals surface area contributed by atoms with Gasteiger partial charge in [0, 0.05) is 23.4 Å². The number of amides is 1. The molecule has 4 nitrogen and oxygen atoms in total. The molecule has 2 aromatic rings. The first kappa shape index (κ1) is 16.1. The molecule has 1 saturated carbocycles. The third-order valence-electron chi connectivity index (χ3n) is 4.37. The second-order valence-corrected chi connectivity index (χ2v) is 7.07. The van der Waals surface area contributed by atoms with Gasteiger partial charge in [-0.1, -0.05) is 18.6 Å². The second-order valence-electron chi connectivity index (χ2n) is 5.96. The van der Waals surface area contributed by atoms with Gasteiger partial charge < -0.3 is 11.1 Å². The summed E-state index contributed by atoms with van der Waals surface area (Å²) in [6.07, 6.45) is 5.44. The van der Waals surface area contributed by atoms with Crippen LogP contribution in [0.4, 0.5) is 9.52 Å². The zero-order chi connectivity index (χ0) is 16.2. The van der Waals surface area contributed by atoms with Crippen molar-refractivity contribution in [1.82, 2.24) is 4.98 Å². The Morgan fingerprint density at radius 2 is 2.13 bits per heavy atom. The summed E-state index contributed by atoms with van der Waals surface area (Å²) in [6.45, 7) is 0.561. The monoisotopic (exact) mass is 333 g/mol. The molecule has 6 heteroatoms. The van der Waals surface area contributed by atoms with Gasteiger partial charge in [0.25, 0.3) is 0 Å². The minimum Gasteiger partial charge on any atom is -0.330 e. The summed E-state index contributed by atoms with van der Waals surface area (Å²) in [5, 5.41) is 3.54. The summed E-state index contributed by atoms with van der Waals surface area (Å²) in [5.41, 5.74) is 6.76. The van der Waals surface area contributed by atoms with Crippen LogP contribution in [0.25, 0.3) is 0 Å². The number of hydrogen-bond acceptors (Lipinski definition) is 4. The van der Waals surface area contributed by atoms with Crippen LogP contribution in [0.15, 0.2) is 30.5 Å². The predicted octanol–water partition coefficient (Wildman–Crippen LogP) is 3.19. The van der Waals surface area contributed by atoms with Crippen molar-refractivity contribution in [2.45, 2.75) is 25.7 Å². The van der Waals surface area contributed by atoms with E-state index in [0.29, 0.717) is 18.1 Å². The lowest BCUT2D eigenvalue weighted by atomic mass is 9.95. The highest BCUT2D eigenvalue weighted by Crippen LogP contribution is 2.32. The van der Waals surface area contributed by atoms with E-state index in [-0.39, 0.29) is 23.6 Å². The van der Waals surface area contributed by atoms with Gasteiger partial charge in [-0.25, -0.2) is 9.37 Å². The van der Waals surface area contributed by atoms with Crippen LogP contribution in [0.1, 0.15) is 29.7 Å². The Morgan fingerprint density at radius 3 is 2.87 bits per heavy atom. The van der Waals surface area contributed by atoms with Crippen molar-refractivity contribution in [2.24, 2.45) is 17.6 Å². The van der Waals surface area contributed by atoms with Crippen LogP contribution in [0.2, 0.25) is 0 Å². The molecule has 1 aliphatic rings. The number of nitrogens with two attached hydrogens (primary N) is 1. The minimum absolute atomic E-state index is 0.00412. The number of benzene rings is 1. The van der Waals surface area contributed by atoms with Gasteiger partial charge in [0.05, 0.1) is 0 Å². The number of rotatable bonds is 5. The first-order chi connectivity index (χ1) is 11.2. The Morgan fingerprint density at radius 1 is 1.35 bits per heavy atom. The molecule has 1 heterocycles. The fraction of sp³-hybridized carbons (Fsp3) is 0.412. The number of aromatic nitrogens is 1. The molecule has 0 saturated heterocycles. The Balaban J connectivity index is 1.60. The molecule has 1 amide bonds. The van der Waals surface area contributed by atoms with E-state index in [1.165, 1.54) is 23.5 Å². The number of anilines is 1. The summed E-state index contributed by atoms with van der Waals surface area (Å²) < 4.78 is 12.9. The molecule has 0 radical (unpaired) electrons. The standard InChI is InChI=1S/C17H20FN3OS/c18-13-6-4-11(5-7-13)8-14-10-20-17(23-14)21-16(22)15-3-1-2-12(15)9-19/h4-7,10,12,15H,1-3,8-9,19H2,(H,20,21,22)/t12-,15-/m1/s1. The van der Waals surface area contributed by atoms with Crippen molar-refractivity contribution in [1.29, 1.82) is 0 Å². The van der Waals surface area contributed by atoms with Crippen molar-refractivity contribution < 1.29 is 9.18 Å². The summed E-state index contributed by atoms with van der Waals surface area (Å²) in [6, 6.07) is 6.42. The number of nitrogens with one attached hydrogen (secondary N) is 1. The number of thiazole rings is 1. The first-order valence-electron chi connectivity index (χ1n) is 7.86. The lowest BCUT2D eigenvalue weighted by molar-refractivity contribution is -0.120. The van der Waals surface area contributed by atoms with Gasteiger partial charge in [-0.3, -0.25) is 4.79 Å². The third kappa shape index (κ3) is 3.95. The highest BCUT2D eigenvalue weighted by atomic mass is 32.1. The molecule has 122 valence electrons. The summed E-state index contributed by atoms with van der Waals surface area (Å²) in [5.74, 6) is 0.0794. The van der Waals surface area contributed by atoms with Gasteiger partial charge in [0.15, 0.2) is 5.13 Å². The molecular formula is C17H20FN3OS. The molecule has 23 heavy (non-hydrogen) atoms. The zero-order valence-electron chi connectivity index (χ0n) is 12.8. The quantitative estimate of drug-likeness (QED) is 0.883. The molecule has 1 fully saturated rings. The van der Waals surface area contributed by atoms with Crippen LogP contribution in [0.5, 0.6) is 0 Å². The number of carbonyl (C=O) groups excluding carboxylic acids is 1. The SMILES string of the molecule is NC[C@H]1CCC[C@H]1C(=O)Nc1ncc(Cc2ccc(F)cc2)s1. The van der Waals surface area contributed by atoms with Crippen LogP contribution in [-0.4, -0.2) is 17.4 Å². The van der Waals surface area contributed by atoms with Gasteiger partial charge in [0.1, 0.15) is 5.82 Å². The number of halogens is 1. The van der Waals surface area contributed by atoms with Crippen molar-refractivity contribution in [3.8, 4) is 0 Å². The minimum atomic E-state index is -0.239. The van der Waals surface area contributed by atoms with Crippen molar-refractivity contribution in [3.63, 3.8) is 0 Å². The van der Waals surface area contributed by atoms with Gasteiger partial charge in [0.2, 0.25) is 5.91 Å². The summed E-state index contributed by atoms with van der Waals surface area (Å²) >= 11 is 1.46. The first-order valence-corrected chi connectivity index (χ1v) is 8.67. The average molecular weight is 333 g/mol. The second kappa shape index (κ2) is 7.19. The smallest absolute Gasteiger partial charge is 0.229 e. The van der Waals surface area contributed by atoms with E-state index in [0.717, 1.165) is 29.7 Å². The Bertz CT molecular complexity index is 671. The lowest BCUT2D eigenvalue weighted by Crippen LogP contribution is -2.29. The van der Waals surface area contributed by atoms with Gasteiger partial charge in [-0.15, -0.1) is 11.3 Å². The fourth-order valence-corrected chi connectivity index (χ4v) is 3.96. The molecular weight excluding hydrogens is 313 g/mol. The van der Waals surface area contributed by atoms with E-state index in [9.17, 15) is 9.18 Å². The van der Waals surface area contributed by atoms with Gasteiger partial charge in [-0.05, 0) is 43.0 Å². The van der Waals surface area contributed by atoms with Gasteiger partial charge in [-0.2, -0.15) is 0 Å². The highest BCUT2D eigenvalue weighted by Gasteiger charge is 2.32. The number of carbonyl (C=O) groups is 1. The molecule has 0 bridgehead atoms. The van der Waals surface area contributed by atoms with Crippen LogP contribution in [0, 0.1) is 17.7 Å². The molecule has 0 unspecified atom stereocenters. The largest absolute Gasteiger partial charge is 0.330 e. The normalized spacial score (nSPS) is 20.6. The van der Waals surface area contributed by atoms with E-state index >= 15 is 0 Å². The maximum absolute atomic E-state index is 12.9. The van der Waals surface area contributed by atoms with E-state index < -0.39 is 0 Å². The van der Waals surface area contributed by atoms with Crippen molar-refractivity contribution >= 4 is 22.4 Å². The predicted molar refractivity (Wildman–Crippen MR) is 89.8 cm³/mol. The molecule has 3 rings (SSSR count). The average Bonchev–Trinajstić information content (AvgIpc) is 3.18. The van der Waals surface area contributed by atoms with Crippen LogP contribution in [-0.2, 0) is 11.2 Å². The van der Waals surface area contributed by atoms with Crippen molar-refractivity contribution in [3.05, 3.63) is 46.7 Å². The molecule has 1 aromatic heterocycles.